The van der Waals surface area contributed by atoms with Crippen LogP contribution in [-0.2, 0) is 19.6 Å². The van der Waals surface area contributed by atoms with E-state index in [2.05, 4.69) is 17.0 Å². The van der Waals surface area contributed by atoms with Crippen LogP contribution >= 0.6 is 0 Å². The van der Waals surface area contributed by atoms with Crippen LogP contribution in [-0.4, -0.2) is 46.1 Å². The Labute approximate surface area is 171 Å². The highest BCUT2D eigenvalue weighted by Gasteiger charge is 2.30. The average molecular weight is 425 g/mol. The van der Waals surface area contributed by atoms with Crippen molar-refractivity contribution in [2.75, 3.05) is 13.7 Å². The van der Waals surface area contributed by atoms with Crippen LogP contribution in [0.3, 0.4) is 0 Å². The van der Waals surface area contributed by atoms with E-state index in [4.69, 9.17) is 9.47 Å². The largest absolute Gasteiger partial charge is 0.495 e. The average Bonchev–Trinajstić information content (AvgIpc) is 3.50. The standard InChI is InChI=1S/C20H28N2O6S/c1-13-5-3-4-6-16(13)21-19(23)12-28-20(24)14-7-10-17(27-2)18(11-14)29(25,26)22-15-8-9-15/h7,10-11,13,15-16,22H,3-6,8-9,12H2,1-2H3,(H,21,23)/t13-,16-/m0/s1. The molecule has 8 nitrogen and oxygen atoms in total. The van der Waals surface area contributed by atoms with E-state index in [1.54, 1.807) is 0 Å². The van der Waals surface area contributed by atoms with E-state index >= 15 is 0 Å². The second-order valence-corrected chi connectivity index (χ2v) is 9.46. The number of nitrogens with one attached hydrogen (secondary N) is 2. The predicted molar refractivity (Wildman–Crippen MR) is 106 cm³/mol. The number of benzene rings is 1. The molecule has 0 radical (unpaired) electrons. The fourth-order valence-corrected chi connectivity index (χ4v) is 4.99. The van der Waals surface area contributed by atoms with Gasteiger partial charge in [0.15, 0.2) is 6.61 Å². The van der Waals surface area contributed by atoms with Crippen molar-refractivity contribution in [2.24, 2.45) is 5.92 Å². The molecular weight excluding hydrogens is 396 g/mol. The molecule has 0 aliphatic heterocycles. The minimum atomic E-state index is -3.81. The fraction of sp³-hybridized carbons (Fsp3) is 0.600. The summed E-state index contributed by atoms with van der Waals surface area (Å²) in [5.74, 6) is -0.577. The zero-order valence-electron chi connectivity index (χ0n) is 16.8. The minimum absolute atomic E-state index is 0.0424. The molecule has 2 atom stereocenters. The predicted octanol–water partition coefficient (Wildman–Crippen LogP) is 1.99. The summed E-state index contributed by atoms with van der Waals surface area (Å²) in [6.07, 6.45) is 5.82. The van der Waals surface area contributed by atoms with Gasteiger partial charge in [-0.1, -0.05) is 19.8 Å². The second kappa shape index (κ2) is 9.13. The van der Waals surface area contributed by atoms with Gasteiger partial charge in [0, 0.05) is 12.1 Å². The molecule has 0 saturated heterocycles. The first-order valence-corrected chi connectivity index (χ1v) is 11.5. The van der Waals surface area contributed by atoms with Gasteiger partial charge in [-0.25, -0.2) is 17.9 Å². The molecule has 160 valence electrons. The number of ether oxygens (including phenoxy) is 2. The molecule has 0 heterocycles. The summed E-state index contributed by atoms with van der Waals surface area (Å²) in [6.45, 7) is 1.70. The molecule has 2 aliphatic rings. The Kier molecular flexibility index (Phi) is 6.79. The van der Waals surface area contributed by atoms with Crippen molar-refractivity contribution < 1.29 is 27.5 Å². The Hall–Kier alpha value is -2.13. The molecule has 9 heteroatoms. The van der Waals surface area contributed by atoms with Gasteiger partial charge in [0.2, 0.25) is 10.0 Å². The fourth-order valence-electron chi connectivity index (χ4n) is 3.49. The quantitative estimate of drug-likeness (QED) is 0.618. The van der Waals surface area contributed by atoms with Gasteiger partial charge >= 0.3 is 5.97 Å². The number of carbonyl (C=O) groups excluding carboxylic acids is 2. The van der Waals surface area contributed by atoms with Crippen LogP contribution in [0.15, 0.2) is 23.1 Å². The lowest BCUT2D eigenvalue weighted by Gasteiger charge is -2.29. The highest BCUT2D eigenvalue weighted by atomic mass is 32.2. The molecule has 1 aromatic carbocycles. The molecule has 0 spiro atoms. The number of amides is 1. The summed E-state index contributed by atoms with van der Waals surface area (Å²) in [5, 5.41) is 2.92. The number of sulfonamides is 1. The van der Waals surface area contributed by atoms with E-state index in [9.17, 15) is 18.0 Å². The van der Waals surface area contributed by atoms with Gasteiger partial charge in [-0.15, -0.1) is 0 Å². The molecule has 2 fully saturated rings. The van der Waals surface area contributed by atoms with E-state index < -0.39 is 22.6 Å². The second-order valence-electron chi connectivity index (χ2n) is 7.77. The van der Waals surface area contributed by atoms with Gasteiger partial charge < -0.3 is 14.8 Å². The normalized spacial score (nSPS) is 22.0. The summed E-state index contributed by atoms with van der Waals surface area (Å²) in [4.78, 5) is 24.4. The molecule has 1 amide bonds. The van der Waals surface area contributed by atoms with Crippen molar-refractivity contribution in [3.8, 4) is 5.75 Å². The first-order chi connectivity index (χ1) is 13.8. The molecule has 0 aromatic heterocycles. The van der Waals surface area contributed by atoms with Gasteiger partial charge in [0.25, 0.3) is 5.91 Å². The van der Waals surface area contributed by atoms with E-state index in [1.165, 1.54) is 31.7 Å². The van der Waals surface area contributed by atoms with Gasteiger partial charge in [-0.05, 0) is 49.8 Å². The van der Waals surface area contributed by atoms with Crippen LogP contribution in [0.4, 0.5) is 0 Å². The number of esters is 1. The van der Waals surface area contributed by atoms with Crippen molar-refractivity contribution in [2.45, 2.75) is 62.4 Å². The number of hydrogen-bond acceptors (Lipinski definition) is 6. The van der Waals surface area contributed by atoms with Crippen molar-refractivity contribution >= 4 is 21.9 Å². The lowest BCUT2D eigenvalue weighted by atomic mass is 9.86. The monoisotopic (exact) mass is 424 g/mol. The topological polar surface area (TPSA) is 111 Å². The van der Waals surface area contributed by atoms with Crippen LogP contribution in [0.5, 0.6) is 5.75 Å². The Morgan fingerprint density at radius 1 is 1.14 bits per heavy atom. The maximum atomic E-state index is 12.5. The summed E-state index contributed by atoms with van der Waals surface area (Å²) in [7, 11) is -2.45. The van der Waals surface area contributed by atoms with Gasteiger partial charge in [0.05, 0.1) is 12.7 Å². The Bertz CT molecular complexity index is 866. The summed E-state index contributed by atoms with van der Waals surface area (Å²) >= 11 is 0. The van der Waals surface area contributed by atoms with E-state index in [0.717, 1.165) is 32.1 Å². The molecule has 2 saturated carbocycles. The zero-order valence-corrected chi connectivity index (χ0v) is 17.6. The maximum Gasteiger partial charge on any atom is 0.338 e. The van der Waals surface area contributed by atoms with E-state index in [0.29, 0.717) is 5.92 Å². The molecule has 1 aromatic rings. The summed E-state index contributed by atoms with van der Waals surface area (Å²) < 4.78 is 37.9. The smallest absolute Gasteiger partial charge is 0.338 e. The van der Waals surface area contributed by atoms with Crippen molar-refractivity contribution in [3.63, 3.8) is 0 Å². The molecule has 29 heavy (non-hydrogen) atoms. The number of methoxy groups -OCH3 is 1. The third-order valence-electron chi connectivity index (χ3n) is 5.38. The van der Waals surface area contributed by atoms with Crippen LogP contribution < -0.4 is 14.8 Å². The van der Waals surface area contributed by atoms with Crippen molar-refractivity contribution in [1.29, 1.82) is 0 Å². The lowest BCUT2D eigenvalue weighted by molar-refractivity contribution is -0.125. The molecule has 0 bridgehead atoms. The Morgan fingerprint density at radius 2 is 1.86 bits per heavy atom. The lowest BCUT2D eigenvalue weighted by Crippen LogP contribution is -2.42. The summed E-state index contributed by atoms with van der Waals surface area (Å²) in [6, 6.07) is 4.06. The van der Waals surface area contributed by atoms with Crippen LogP contribution in [0.1, 0.15) is 55.8 Å². The molecule has 2 aliphatic carbocycles. The minimum Gasteiger partial charge on any atom is -0.495 e. The SMILES string of the molecule is COc1ccc(C(=O)OCC(=O)N[C@H]2CCCC[C@@H]2C)cc1S(=O)(=O)NC1CC1. The van der Waals surface area contributed by atoms with Gasteiger partial charge in [0.1, 0.15) is 10.6 Å². The molecular formula is C20H28N2O6S. The van der Waals surface area contributed by atoms with E-state index in [1.807, 2.05) is 0 Å². The Balaban J connectivity index is 1.62. The van der Waals surface area contributed by atoms with Crippen molar-refractivity contribution in [1.82, 2.24) is 10.0 Å². The molecule has 2 N–H and O–H groups in total. The molecule has 3 rings (SSSR count). The van der Waals surface area contributed by atoms with Gasteiger partial charge in [-0.3, -0.25) is 4.79 Å². The third-order valence-corrected chi connectivity index (χ3v) is 6.92. The maximum absolute atomic E-state index is 12.5. The highest BCUT2D eigenvalue weighted by molar-refractivity contribution is 7.89. The first-order valence-electron chi connectivity index (χ1n) is 9.97. The highest BCUT2D eigenvalue weighted by Crippen LogP contribution is 2.28. The van der Waals surface area contributed by atoms with Crippen LogP contribution in [0.2, 0.25) is 0 Å². The van der Waals surface area contributed by atoms with Crippen LogP contribution in [0, 0.1) is 5.92 Å². The number of rotatable bonds is 8. The Morgan fingerprint density at radius 3 is 2.52 bits per heavy atom. The summed E-state index contributed by atoms with van der Waals surface area (Å²) in [5.41, 5.74) is 0.0424. The zero-order chi connectivity index (χ0) is 21.0. The number of carbonyl (C=O) groups is 2. The third kappa shape index (κ3) is 5.70. The van der Waals surface area contributed by atoms with Crippen LogP contribution in [0.25, 0.3) is 0 Å². The van der Waals surface area contributed by atoms with Gasteiger partial charge in [-0.2, -0.15) is 0 Å². The van der Waals surface area contributed by atoms with E-state index in [-0.39, 0.29) is 34.2 Å². The number of hydrogen-bond donors (Lipinski definition) is 2. The first kappa shape index (κ1) is 21.6. The van der Waals surface area contributed by atoms with Crippen molar-refractivity contribution in [3.05, 3.63) is 23.8 Å². The molecule has 0 unspecified atom stereocenters.